The van der Waals surface area contributed by atoms with Crippen molar-refractivity contribution in [2.24, 2.45) is 4.99 Å². The average Bonchev–Trinajstić information content (AvgIpc) is 3.14. The monoisotopic (exact) mass is 476 g/mol. The summed E-state index contributed by atoms with van der Waals surface area (Å²) < 4.78 is 4.71. The number of nitrogens with zero attached hydrogens (tertiary/aromatic N) is 2. The molecular weight excluding hydrogens is 460 g/mol. The number of rotatable bonds is 4. The summed E-state index contributed by atoms with van der Waals surface area (Å²) in [7, 11) is 1.31. The first-order chi connectivity index (χ1) is 16.0. The summed E-state index contributed by atoms with van der Waals surface area (Å²) in [4.78, 5) is 43.7. The molecule has 164 valence electrons. The second-order valence-electron chi connectivity index (χ2n) is 6.88. The molecule has 1 aliphatic rings. The van der Waals surface area contributed by atoms with Crippen LogP contribution >= 0.6 is 23.4 Å². The zero-order valence-electron chi connectivity index (χ0n) is 17.4. The minimum absolute atomic E-state index is 0.230. The van der Waals surface area contributed by atoms with Crippen LogP contribution in [0.5, 0.6) is 0 Å². The summed E-state index contributed by atoms with van der Waals surface area (Å²) in [6, 6.07) is 22.2. The Kier molecular flexibility index (Phi) is 6.72. The van der Waals surface area contributed by atoms with E-state index in [-0.39, 0.29) is 21.7 Å². The van der Waals surface area contributed by atoms with E-state index in [0.29, 0.717) is 21.7 Å². The van der Waals surface area contributed by atoms with Gasteiger partial charge in [0.1, 0.15) is 0 Å². The summed E-state index contributed by atoms with van der Waals surface area (Å²) in [5, 5.41) is 0.516. The van der Waals surface area contributed by atoms with E-state index in [1.54, 1.807) is 78.9 Å². The third-order valence-electron chi connectivity index (χ3n) is 4.75. The number of halogens is 1. The van der Waals surface area contributed by atoms with Gasteiger partial charge in [-0.3, -0.25) is 14.5 Å². The number of methoxy groups -OCH3 is 1. The lowest BCUT2D eigenvalue weighted by atomic mass is 10.1. The van der Waals surface area contributed by atoms with Gasteiger partial charge in [0.2, 0.25) is 0 Å². The maximum Gasteiger partial charge on any atom is 0.337 e. The lowest BCUT2D eigenvalue weighted by molar-refractivity contribution is -0.113. The molecule has 0 unspecified atom stereocenters. The van der Waals surface area contributed by atoms with Gasteiger partial charge in [0.05, 0.1) is 33.9 Å². The highest BCUT2D eigenvalue weighted by atomic mass is 35.5. The lowest BCUT2D eigenvalue weighted by Gasteiger charge is -2.15. The van der Waals surface area contributed by atoms with Crippen LogP contribution in [0.1, 0.15) is 26.3 Å². The standard InChI is InChI=1S/C25H17ClN2O4S/c1-32-24(31)17-13-11-16(12-14-17)15-21-23(30)28(18-7-3-2-4-8-18)25(33-21)27-22(29)19-9-5-6-10-20(19)26/h2-15H,1H3. The van der Waals surface area contributed by atoms with Crippen molar-refractivity contribution < 1.29 is 19.1 Å². The first kappa shape index (κ1) is 22.5. The molecule has 0 atom stereocenters. The molecule has 2 amide bonds. The van der Waals surface area contributed by atoms with Crippen LogP contribution in [0.2, 0.25) is 5.02 Å². The van der Waals surface area contributed by atoms with E-state index in [1.165, 1.54) is 12.0 Å². The Bertz CT molecular complexity index is 1290. The normalized spacial score (nSPS) is 15.8. The number of thioether (sulfide) groups is 1. The van der Waals surface area contributed by atoms with E-state index in [0.717, 1.165) is 11.8 Å². The van der Waals surface area contributed by atoms with Crippen LogP contribution in [0.4, 0.5) is 5.69 Å². The zero-order valence-corrected chi connectivity index (χ0v) is 19.0. The van der Waals surface area contributed by atoms with Gasteiger partial charge < -0.3 is 4.74 Å². The van der Waals surface area contributed by atoms with Crippen molar-refractivity contribution in [3.05, 3.63) is 105 Å². The minimum atomic E-state index is -0.541. The van der Waals surface area contributed by atoms with Crippen LogP contribution in [0.3, 0.4) is 0 Å². The van der Waals surface area contributed by atoms with Crippen molar-refractivity contribution >= 4 is 58.1 Å². The minimum Gasteiger partial charge on any atom is -0.465 e. The molecule has 6 nitrogen and oxygen atoms in total. The smallest absolute Gasteiger partial charge is 0.337 e. The topological polar surface area (TPSA) is 76.0 Å². The quantitative estimate of drug-likeness (QED) is 0.370. The van der Waals surface area contributed by atoms with Crippen LogP contribution in [-0.4, -0.2) is 30.1 Å². The molecule has 3 aromatic rings. The van der Waals surface area contributed by atoms with E-state index >= 15 is 0 Å². The average molecular weight is 477 g/mol. The third kappa shape index (κ3) is 4.89. The molecular formula is C25H17ClN2O4S. The van der Waals surface area contributed by atoms with Gasteiger partial charge >= 0.3 is 5.97 Å². The van der Waals surface area contributed by atoms with Gasteiger partial charge in [-0.05, 0) is 59.8 Å². The van der Waals surface area contributed by atoms with Crippen molar-refractivity contribution in [2.45, 2.75) is 0 Å². The predicted octanol–water partition coefficient (Wildman–Crippen LogP) is 5.44. The summed E-state index contributed by atoms with van der Waals surface area (Å²) in [6.07, 6.45) is 1.69. The molecule has 33 heavy (non-hydrogen) atoms. The number of anilines is 1. The zero-order chi connectivity index (χ0) is 23.4. The van der Waals surface area contributed by atoms with E-state index in [2.05, 4.69) is 4.99 Å². The van der Waals surface area contributed by atoms with Gasteiger partial charge in [0.25, 0.3) is 11.8 Å². The summed E-state index contributed by atoms with van der Waals surface area (Å²) in [5.74, 6) is -1.29. The van der Waals surface area contributed by atoms with Crippen molar-refractivity contribution in [1.82, 2.24) is 0 Å². The number of carbonyl (C=O) groups excluding carboxylic acids is 3. The van der Waals surface area contributed by atoms with Crippen LogP contribution in [-0.2, 0) is 9.53 Å². The Morgan fingerprint density at radius 2 is 1.64 bits per heavy atom. The molecule has 3 aromatic carbocycles. The Morgan fingerprint density at radius 3 is 2.30 bits per heavy atom. The third-order valence-corrected chi connectivity index (χ3v) is 6.05. The predicted molar refractivity (Wildman–Crippen MR) is 130 cm³/mol. The number of para-hydroxylation sites is 1. The highest BCUT2D eigenvalue weighted by Crippen LogP contribution is 2.36. The highest BCUT2D eigenvalue weighted by molar-refractivity contribution is 8.19. The van der Waals surface area contributed by atoms with Crippen LogP contribution in [0.15, 0.2) is 88.8 Å². The molecule has 1 fully saturated rings. The fraction of sp³-hybridized carbons (Fsp3) is 0.0400. The number of amidine groups is 1. The highest BCUT2D eigenvalue weighted by Gasteiger charge is 2.35. The molecule has 0 aromatic heterocycles. The van der Waals surface area contributed by atoms with Gasteiger partial charge in [0, 0.05) is 0 Å². The number of hydrogen-bond acceptors (Lipinski definition) is 5. The Morgan fingerprint density at radius 1 is 0.970 bits per heavy atom. The molecule has 1 saturated heterocycles. The molecule has 0 N–H and O–H groups in total. The van der Waals surface area contributed by atoms with E-state index in [1.807, 2.05) is 6.07 Å². The molecule has 0 saturated carbocycles. The number of hydrogen-bond donors (Lipinski definition) is 0. The molecule has 1 aliphatic heterocycles. The van der Waals surface area contributed by atoms with Crippen molar-refractivity contribution in [2.75, 3.05) is 12.0 Å². The van der Waals surface area contributed by atoms with Crippen molar-refractivity contribution in [1.29, 1.82) is 0 Å². The van der Waals surface area contributed by atoms with Crippen LogP contribution in [0, 0.1) is 0 Å². The summed E-state index contributed by atoms with van der Waals surface area (Å²) in [6.45, 7) is 0. The second-order valence-corrected chi connectivity index (χ2v) is 8.30. The number of amides is 2. The molecule has 0 spiro atoms. The van der Waals surface area contributed by atoms with Gasteiger partial charge in [-0.1, -0.05) is 54.1 Å². The van der Waals surface area contributed by atoms with E-state index in [9.17, 15) is 14.4 Å². The Hall–Kier alpha value is -3.68. The fourth-order valence-corrected chi connectivity index (χ4v) is 4.31. The molecule has 0 aliphatic carbocycles. The van der Waals surface area contributed by atoms with E-state index in [4.69, 9.17) is 16.3 Å². The molecule has 8 heteroatoms. The Balaban J connectivity index is 1.71. The fourth-order valence-electron chi connectivity index (χ4n) is 3.12. The number of carbonyl (C=O) groups is 3. The van der Waals surface area contributed by atoms with Gasteiger partial charge in [-0.15, -0.1) is 0 Å². The second kappa shape index (κ2) is 9.85. The first-order valence-electron chi connectivity index (χ1n) is 9.83. The van der Waals surface area contributed by atoms with Gasteiger partial charge in [-0.2, -0.15) is 4.99 Å². The first-order valence-corrected chi connectivity index (χ1v) is 11.0. The van der Waals surface area contributed by atoms with Crippen molar-refractivity contribution in [3.8, 4) is 0 Å². The van der Waals surface area contributed by atoms with Gasteiger partial charge in [-0.25, -0.2) is 4.79 Å². The number of benzene rings is 3. The van der Waals surface area contributed by atoms with Gasteiger partial charge in [0.15, 0.2) is 5.17 Å². The van der Waals surface area contributed by atoms with Crippen LogP contribution < -0.4 is 4.90 Å². The maximum absolute atomic E-state index is 13.3. The molecule has 0 bridgehead atoms. The Labute approximate surface area is 199 Å². The molecule has 4 rings (SSSR count). The van der Waals surface area contributed by atoms with Crippen LogP contribution in [0.25, 0.3) is 6.08 Å². The number of aliphatic imine (C=N–C) groups is 1. The number of esters is 1. The lowest BCUT2D eigenvalue weighted by Crippen LogP contribution is -2.29. The maximum atomic E-state index is 13.3. The molecule has 0 radical (unpaired) electrons. The largest absolute Gasteiger partial charge is 0.465 e. The SMILES string of the molecule is COC(=O)c1ccc(C=C2SC(=NC(=O)c3ccccc3Cl)N(c3ccccc3)C2=O)cc1. The molecule has 1 heterocycles. The van der Waals surface area contributed by atoms with Crippen molar-refractivity contribution in [3.63, 3.8) is 0 Å². The van der Waals surface area contributed by atoms with E-state index < -0.39 is 11.9 Å². The summed E-state index contributed by atoms with van der Waals surface area (Å²) >= 11 is 7.24. The number of ether oxygens (including phenoxy) is 1. The summed E-state index contributed by atoms with van der Waals surface area (Å²) in [5.41, 5.74) is 1.96.